The lowest BCUT2D eigenvalue weighted by molar-refractivity contribution is -0.139. The third-order valence-electron chi connectivity index (χ3n) is 4.99. The summed E-state index contributed by atoms with van der Waals surface area (Å²) in [6, 6.07) is 5.70. The van der Waals surface area contributed by atoms with Crippen LogP contribution in [0.15, 0.2) is 29.5 Å². The van der Waals surface area contributed by atoms with Crippen molar-refractivity contribution < 1.29 is 14.3 Å². The summed E-state index contributed by atoms with van der Waals surface area (Å²) in [5.74, 6) is 0.528. The standard InChI is InChI=1S/C20H27N3O3S/c1-4-26-19(24)17-13(2)21-20(27)22-18(17)14-7-8-16(25-3)15(11-14)12-23-9-5-6-10-23/h7-8,11,18H,4-6,9-10,12H2,1-3H3,(H2,21,22,27). The fourth-order valence-electron chi connectivity index (χ4n) is 3.71. The van der Waals surface area contributed by atoms with Gasteiger partial charge in [-0.1, -0.05) is 6.07 Å². The zero-order valence-electron chi connectivity index (χ0n) is 16.1. The van der Waals surface area contributed by atoms with Crippen molar-refractivity contribution in [2.24, 2.45) is 0 Å². The van der Waals surface area contributed by atoms with Crippen LogP contribution in [-0.4, -0.2) is 42.8 Å². The van der Waals surface area contributed by atoms with Crippen LogP contribution >= 0.6 is 12.2 Å². The minimum atomic E-state index is -0.346. The number of hydrogen-bond acceptors (Lipinski definition) is 5. The lowest BCUT2D eigenvalue weighted by Gasteiger charge is -2.30. The molecule has 2 heterocycles. The van der Waals surface area contributed by atoms with Gasteiger partial charge >= 0.3 is 5.97 Å². The molecule has 0 saturated carbocycles. The van der Waals surface area contributed by atoms with E-state index in [4.69, 9.17) is 21.7 Å². The predicted octanol–water partition coefficient (Wildman–Crippen LogP) is 2.65. The summed E-state index contributed by atoms with van der Waals surface area (Å²) in [6.07, 6.45) is 2.47. The van der Waals surface area contributed by atoms with Crippen LogP contribution in [0.3, 0.4) is 0 Å². The summed E-state index contributed by atoms with van der Waals surface area (Å²) in [5, 5.41) is 6.75. The van der Waals surface area contributed by atoms with Crippen LogP contribution in [0.1, 0.15) is 43.9 Å². The molecule has 1 atom stereocenters. The molecule has 1 saturated heterocycles. The van der Waals surface area contributed by atoms with E-state index < -0.39 is 0 Å². The van der Waals surface area contributed by atoms with Gasteiger partial charge in [0.15, 0.2) is 5.11 Å². The number of thiocarbonyl (C=S) groups is 1. The number of likely N-dealkylation sites (tertiary alicyclic amines) is 1. The van der Waals surface area contributed by atoms with Gasteiger partial charge in [0, 0.05) is 17.8 Å². The largest absolute Gasteiger partial charge is 0.496 e. The van der Waals surface area contributed by atoms with Gasteiger partial charge in [0.05, 0.1) is 25.3 Å². The van der Waals surface area contributed by atoms with Crippen molar-refractivity contribution in [3.05, 3.63) is 40.6 Å². The first-order chi connectivity index (χ1) is 13.0. The molecule has 6 nitrogen and oxygen atoms in total. The number of carbonyl (C=O) groups excluding carboxylic acids is 1. The molecule has 0 amide bonds. The fourth-order valence-corrected chi connectivity index (χ4v) is 3.98. The Bertz CT molecular complexity index is 757. The van der Waals surface area contributed by atoms with Crippen molar-refractivity contribution in [1.82, 2.24) is 15.5 Å². The molecule has 0 radical (unpaired) electrons. The molecule has 1 fully saturated rings. The SMILES string of the molecule is CCOC(=O)C1=C(C)NC(=S)NC1c1ccc(OC)c(CN2CCCC2)c1. The Hall–Kier alpha value is -2.12. The van der Waals surface area contributed by atoms with Gasteiger partial charge in [-0.3, -0.25) is 4.90 Å². The van der Waals surface area contributed by atoms with Gasteiger partial charge in [-0.05, 0) is 69.7 Å². The van der Waals surface area contributed by atoms with Crippen LogP contribution in [0.4, 0.5) is 0 Å². The average Bonchev–Trinajstić information content (AvgIpc) is 3.14. The lowest BCUT2D eigenvalue weighted by atomic mass is 9.94. The number of carbonyl (C=O) groups is 1. The summed E-state index contributed by atoms with van der Waals surface area (Å²) >= 11 is 5.32. The Morgan fingerprint density at radius 2 is 2.07 bits per heavy atom. The summed E-state index contributed by atoms with van der Waals surface area (Å²) in [5.41, 5.74) is 3.36. The molecule has 2 N–H and O–H groups in total. The maximum Gasteiger partial charge on any atom is 0.338 e. The average molecular weight is 390 g/mol. The number of rotatable bonds is 6. The first-order valence-electron chi connectivity index (χ1n) is 9.38. The van der Waals surface area contributed by atoms with Gasteiger partial charge in [-0.25, -0.2) is 4.79 Å². The zero-order chi connectivity index (χ0) is 19.4. The Balaban J connectivity index is 1.95. The highest BCUT2D eigenvalue weighted by atomic mass is 32.1. The van der Waals surface area contributed by atoms with Crippen LogP contribution in [0.25, 0.3) is 0 Å². The maximum absolute atomic E-state index is 12.5. The first-order valence-corrected chi connectivity index (χ1v) is 9.79. The number of allylic oxidation sites excluding steroid dienone is 1. The van der Waals surface area contributed by atoms with Gasteiger partial charge in [-0.2, -0.15) is 0 Å². The number of nitrogens with zero attached hydrogens (tertiary/aromatic N) is 1. The molecule has 27 heavy (non-hydrogen) atoms. The molecule has 0 aliphatic carbocycles. The van der Waals surface area contributed by atoms with Gasteiger partial charge in [0.25, 0.3) is 0 Å². The minimum absolute atomic E-state index is 0.329. The molecule has 0 spiro atoms. The van der Waals surface area contributed by atoms with E-state index in [1.165, 1.54) is 12.8 Å². The summed E-state index contributed by atoms with van der Waals surface area (Å²) in [4.78, 5) is 15.0. The zero-order valence-corrected chi connectivity index (χ0v) is 16.9. The van der Waals surface area contributed by atoms with Gasteiger partial charge in [0.2, 0.25) is 0 Å². The molecule has 0 bridgehead atoms. The smallest absolute Gasteiger partial charge is 0.338 e. The quantitative estimate of drug-likeness (QED) is 0.573. The molecule has 2 aliphatic heterocycles. The Morgan fingerprint density at radius 3 is 2.74 bits per heavy atom. The highest BCUT2D eigenvalue weighted by molar-refractivity contribution is 7.80. The van der Waals surface area contributed by atoms with Crippen LogP contribution in [0, 0.1) is 0 Å². The van der Waals surface area contributed by atoms with Crippen LogP contribution < -0.4 is 15.4 Å². The number of methoxy groups -OCH3 is 1. The van der Waals surface area contributed by atoms with Crippen molar-refractivity contribution in [3.63, 3.8) is 0 Å². The first kappa shape index (κ1) is 19.6. The Labute approximate surface area is 165 Å². The van der Waals surface area contributed by atoms with Crippen molar-refractivity contribution in [3.8, 4) is 5.75 Å². The van der Waals surface area contributed by atoms with E-state index in [1.54, 1.807) is 14.0 Å². The fraction of sp³-hybridized carbons (Fsp3) is 0.500. The Morgan fingerprint density at radius 1 is 1.33 bits per heavy atom. The van der Waals surface area contributed by atoms with Crippen LogP contribution in [-0.2, 0) is 16.1 Å². The number of benzene rings is 1. The van der Waals surface area contributed by atoms with E-state index >= 15 is 0 Å². The predicted molar refractivity (Wildman–Crippen MR) is 108 cm³/mol. The normalized spacial score (nSPS) is 20.3. The topological polar surface area (TPSA) is 62.8 Å². The van der Waals surface area contributed by atoms with Gasteiger partial charge in [-0.15, -0.1) is 0 Å². The van der Waals surface area contributed by atoms with Crippen molar-refractivity contribution >= 4 is 23.3 Å². The highest BCUT2D eigenvalue weighted by Gasteiger charge is 2.31. The summed E-state index contributed by atoms with van der Waals surface area (Å²) in [7, 11) is 1.69. The molecule has 1 aromatic rings. The van der Waals surface area contributed by atoms with Crippen LogP contribution in [0.2, 0.25) is 0 Å². The third-order valence-corrected chi connectivity index (χ3v) is 5.21. The van der Waals surface area contributed by atoms with E-state index in [0.29, 0.717) is 17.3 Å². The number of ether oxygens (including phenoxy) is 2. The maximum atomic E-state index is 12.5. The molecule has 3 rings (SSSR count). The number of nitrogens with one attached hydrogen (secondary N) is 2. The monoisotopic (exact) mass is 389 g/mol. The molecule has 2 aliphatic rings. The second kappa shape index (κ2) is 8.71. The van der Waals surface area contributed by atoms with E-state index in [-0.39, 0.29) is 12.0 Å². The third kappa shape index (κ3) is 4.42. The molecular formula is C20H27N3O3S. The molecule has 1 unspecified atom stereocenters. The van der Waals surface area contributed by atoms with Crippen LogP contribution in [0.5, 0.6) is 5.75 Å². The summed E-state index contributed by atoms with van der Waals surface area (Å²) in [6.45, 7) is 7.03. The highest BCUT2D eigenvalue weighted by Crippen LogP contribution is 2.32. The molecule has 0 aromatic heterocycles. The van der Waals surface area contributed by atoms with E-state index in [2.05, 4.69) is 21.6 Å². The lowest BCUT2D eigenvalue weighted by Crippen LogP contribution is -2.45. The number of hydrogen-bond donors (Lipinski definition) is 2. The van der Waals surface area contributed by atoms with Crippen molar-refractivity contribution in [2.75, 3.05) is 26.8 Å². The second-order valence-electron chi connectivity index (χ2n) is 6.85. The van der Waals surface area contributed by atoms with E-state index in [0.717, 1.165) is 42.2 Å². The Kier molecular flexibility index (Phi) is 6.34. The molecule has 146 valence electrons. The van der Waals surface area contributed by atoms with Gasteiger partial charge < -0.3 is 20.1 Å². The minimum Gasteiger partial charge on any atom is -0.496 e. The van der Waals surface area contributed by atoms with Crippen molar-refractivity contribution in [1.29, 1.82) is 0 Å². The van der Waals surface area contributed by atoms with E-state index in [1.807, 2.05) is 19.1 Å². The van der Waals surface area contributed by atoms with Crippen molar-refractivity contribution in [2.45, 2.75) is 39.3 Å². The molecule has 7 heteroatoms. The summed E-state index contributed by atoms with van der Waals surface area (Å²) < 4.78 is 10.8. The van der Waals surface area contributed by atoms with Gasteiger partial charge in [0.1, 0.15) is 5.75 Å². The van der Waals surface area contributed by atoms with E-state index in [9.17, 15) is 4.79 Å². The second-order valence-corrected chi connectivity index (χ2v) is 7.25. The molecule has 1 aromatic carbocycles. The molecular weight excluding hydrogens is 362 g/mol. The number of esters is 1.